The molecule has 0 aliphatic rings. The Morgan fingerprint density at radius 3 is 2.63 bits per heavy atom. The molecule has 0 radical (unpaired) electrons. The SMILES string of the molecule is CCOc1cc(CNCCSc2nnnn2C)c(Br)cc1OCc1ccc(Cl)cc1. The molecule has 0 unspecified atom stereocenters. The van der Waals surface area contributed by atoms with E-state index in [9.17, 15) is 0 Å². The summed E-state index contributed by atoms with van der Waals surface area (Å²) < 4.78 is 14.4. The summed E-state index contributed by atoms with van der Waals surface area (Å²) >= 11 is 11.2. The summed E-state index contributed by atoms with van der Waals surface area (Å²) in [6.07, 6.45) is 0. The largest absolute Gasteiger partial charge is 0.490 e. The molecule has 3 rings (SSSR count). The van der Waals surface area contributed by atoms with Crippen molar-refractivity contribution >= 4 is 39.3 Å². The molecule has 0 saturated heterocycles. The third-order valence-electron chi connectivity index (χ3n) is 4.13. The van der Waals surface area contributed by atoms with Crippen LogP contribution in [0.5, 0.6) is 11.5 Å². The average molecular weight is 513 g/mol. The summed E-state index contributed by atoms with van der Waals surface area (Å²) in [7, 11) is 1.83. The Kier molecular flexibility index (Phi) is 8.80. The van der Waals surface area contributed by atoms with Gasteiger partial charge in [-0.1, -0.05) is 51.4 Å². The molecule has 2 aromatic carbocycles. The van der Waals surface area contributed by atoms with Crippen LogP contribution in [0.1, 0.15) is 18.1 Å². The highest BCUT2D eigenvalue weighted by Gasteiger charge is 2.11. The number of thioether (sulfide) groups is 1. The number of rotatable bonds is 11. The second-order valence-electron chi connectivity index (χ2n) is 6.35. The average Bonchev–Trinajstić information content (AvgIpc) is 3.14. The fourth-order valence-electron chi connectivity index (χ4n) is 2.62. The summed E-state index contributed by atoms with van der Waals surface area (Å²) in [6.45, 7) is 4.49. The van der Waals surface area contributed by atoms with Crippen LogP contribution >= 0.6 is 39.3 Å². The van der Waals surface area contributed by atoms with Crippen molar-refractivity contribution in [2.75, 3.05) is 18.9 Å². The number of halogens is 2. The maximum Gasteiger partial charge on any atom is 0.209 e. The normalized spacial score (nSPS) is 10.9. The highest BCUT2D eigenvalue weighted by atomic mass is 79.9. The first kappa shape index (κ1) is 22.9. The number of aromatic nitrogens is 4. The van der Waals surface area contributed by atoms with Gasteiger partial charge in [0.05, 0.1) is 6.61 Å². The molecule has 1 aromatic heterocycles. The van der Waals surface area contributed by atoms with Gasteiger partial charge in [0.1, 0.15) is 6.61 Å². The van der Waals surface area contributed by atoms with E-state index in [-0.39, 0.29) is 0 Å². The lowest BCUT2D eigenvalue weighted by Gasteiger charge is -2.15. The molecule has 30 heavy (non-hydrogen) atoms. The van der Waals surface area contributed by atoms with Gasteiger partial charge in [-0.3, -0.25) is 0 Å². The van der Waals surface area contributed by atoms with Gasteiger partial charge < -0.3 is 14.8 Å². The first-order valence-electron chi connectivity index (χ1n) is 9.45. The number of hydrogen-bond acceptors (Lipinski definition) is 7. The lowest BCUT2D eigenvalue weighted by Crippen LogP contribution is -2.17. The monoisotopic (exact) mass is 511 g/mol. The van der Waals surface area contributed by atoms with E-state index in [0.29, 0.717) is 30.5 Å². The van der Waals surface area contributed by atoms with Gasteiger partial charge in [0, 0.05) is 35.4 Å². The highest BCUT2D eigenvalue weighted by molar-refractivity contribution is 9.10. The number of nitrogens with one attached hydrogen (secondary N) is 1. The van der Waals surface area contributed by atoms with E-state index in [4.69, 9.17) is 21.1 Å². The standard InChI is InChI=1S/C20H23BrClN5O2S/c1-3-28-18-10-15(12-23-8-9-30-20-24-25-26-27(20)2)17(21)11-19(18)29-13-14-4-6-16(22)7-5-14/h4-7,10-11,23H,3,8-9,12-13H2,1-2H3. The molecule has 1 N–H and O–H groups in total. The predicted molar refractivity (Wildman–Crippen MR) is 122 cm³/mol. The molecule has 10 heteroatoms. The van der Waals surface area contributed by atoms with Gasteiger partial charge in [0.15, 0.2) is 11.5 Å². The zero-order chi connectivity index (χ0) is 21.3. The zero-order valence-electron chi connectivity index (χ0n) is 16.8. The van der Waals surface area contributed by atoms with Crippen LogP contribution < -0.4 is 14.8 Å². The number of ether oxygens (including phenoxy) is 2. The second kappa shape index (κ2) is 11.5. The van der Waals surface area contributed by atoms with Gasteiger partial charge in [-0.05, 0) is 52.7 Å². The minimum Gasteiger partial charge on any atom is -0.490 e. The van der Waals surface area contributed by atoms with Gasteiger partial charge in [0.2, 0.25) is 5.16 Å². The van der Waals surface area contributed by atoms with E-state index >= 15 is 0 Å². The van der Waals surface area contributed by atoms with Crippen molar-refractivity contribution in [3.63, 3.8) is 0 Å². The smallest absolute Gasteiger partial charge is 0.209 e. The van der Waals surface area contributed by atoms with Gasteiger partial charge >= 0.3 is 0 Å². The molecule has 0 bridgehead atoms. The predicted octanol–water partition coefficient (Wildman–Crippen LogP) is 4.49. The fraction of sp³-hybridized carbons (Fsp3) is 0.350. The first-order valence-corrected chi connectivity index (χ1v) is 11.6. The van der Waals surface area contributed by atoms with Crippen LogP contribution in [0, 0.1) is 0 Å². The first-order chi connectivity index (χ1) is 14.6. The summed E-state index contributed by atoms with van der Waals surface area (Å²) in [5, 5.41) is 16.4. The summed E-state index contributed by atoms with van der Waals surface area (Å²) in [5.41, 5.74) is 2.14. The molecule has 7 nitrogen and oxygen atoms in total. The molecular weight excluding hydrogens is 490 g/mol. The molecule has 160 valence electrons. The third-order valence-corrected chi connectivity index (χ3v) is 6.13. The topological polar surface area (TPSA) is 74.1 Å². The Labute approximate surface area is 193 Å². The lowest BCUT2D eigenvalue weighted by molar-refractivity contribution is 0.269. The van der Waals surface area contributed by atoms with E-state index in [2.05, 4.69) is 36.8 Å². The van der Waals surface area contributed by atoms with Gasteiger partial charge in [-0.15, -0.1) is 5.10 Å². The second-order valence-corrected chi connectivity index (χ2v) is 8.70. The van der Waals surface area contributed by atoms with Crippen molar-refractivity contribution in [3.05, 3.63) is 57.0 Å². The molecule has 0 spiro atoms. The van der Waals surface area contributed by atoms with E-state index in [1.165, 1.54) is 0 Å². The molecule has 0 aliphatic heterocycles. The Hall–Kier alpha value is -1.81. The van der Waals surface area contributed by atoms with Gasteiger partial charge in [-0.2, -0.15) is 0 Å². The summed E-state index contributed by atoms with van der Waals surface area (Å²) in [4.78, 5) is 0. The maximum absolute atomic E-state index is 6.00. The minimum atomic E-state index is 0.440. The van der Waals surface area contributed by atoms with Crippen LogP contribution in [-0.2, 0) is 20.2 Å². The van der Waals surface area contributed by atoms with Crippen LogP contribution in [0.2, 0.25) is 5.02 Å². The Morgan fingerprint density at radius 2 is 1.93 bits per heavy atom. The number of nitrogens with zero attached hydrogens (tertiary/aromatic N) is 4. The molecule has 0 aliphatic carbocycles. The summed E-state index contributed by atoms with van der Waals surface area (Å²) in [5.74, 6) is 2.30. The Bertz CT molecular complexity index is 955. The van der Waals surface area contributed by atoms with E-state index in [1.807, 2.05) is 50.4 Å². The number of tetrazole rings is 1. The lowest BCUT2D eigenvalue weighted by atomic mass is 10.2. The van der Waals surface area contributed by atoms with E-state index in [1.54, 1.807) is 16.4 Å². The van der Waals surface area contributed by atoms with Crippen LogP contribution in [0.25, 0.3) is 0 Å². The molecule has 3 aromatic rings. The molecule has 0 amide bonds. The number of aryl methyl sites for hydroxylation is 1. The van der Waals surface area contributed by atoms with Crippen molar-refractivity contribution in [2.24, 2.45) is 7.05 Å². The van der Waals surface area contributed by atoms with Crippen LogP contribution in [0.15, 0.2) is 46.0 Å². The molecule has 0 atom stereocenters. The van der Waals surface area contributed by atoms with Crippen LogP contribution in [0.4, 0.5) is 0 Å². The number of hydrogen-bond donors (Lipinski definition) is 1. The summed E-state index contributed by atoms with van der Waals surface area (Å²) in [6, 6.07) is 11.6. The molecule has 0 saturated carbocycles. The molecule has 1 heterocycles. The quantitative estimate of drug-likeness (QED) is 0.300. The molecule has 0 fully saturated rings. The maximum atomic E-state index is 6.00. The van der Waals surface area contributed by atoms with Crippen molar-refractivity contribution < 1.29 is 9.47 Å². The van der Waals surface area contributed by atoms with Crippen LogP contribution in [-0.4, -0.2) is 39.1 Å². The van der Waals surface area contributed by atoms with Gasteiger partial charge in [-0.25, -0.2) is 4.68 Å². The number of benzene rings is 2. The molecular formula is C20H23BrClN5O2S. The van der Waals surface area contributed by atoms with Crippen molar-refractivity contribution in [1.82, 2.24) is 25.5 Å². The van der Waals surface area contributed by atoms with Crippen molar-refractivity contribution in [2.45, 2.75) is 25.2 Å². The van der Waals surface area contributed by atoms with Crippen LogP contribution in [0.3, 0.4) is 0 Å². The third kappa shape index (κ3) is 6.60. The zero-order valence-corrected chi connectivity index (χ0v) is 19.9. The van der Waals surface area contributed by atoms with Gasteiger partial charge in [0.25, 0.3) is 0 Å². The minimum absolute atomic E-state index is 0.440. The van der Waals surface area contributed by atoms with Crippen molar-refractivity contribution in [1.29, 1.82) is 0 Å². The Balaban J connectivity index is 1.56. The Morgan fingerprint density at radius 1 is 1.17 bits per heavy atom. The fourth-order valence-corrected chi connectivity index (χ4v) is 3.95. The highest BCUT2D eigenvalue weighted by Crippen LogP contribution is 2.34. The van der Waals surface area contributed by atoms with Crippen molar-refractivity contribution in [3.8, 4) is 11.5 Å². The van der Waals surface area contributed by atoms with E-state index in [0.717, 1.165) is 38.8 Å². The van der Waals surface area contributed by atoms with E-state index < -0.39 is 0 Å².